The van der Waals surface area contributed by atoms with Gasteiger partial charge < -0.3 is 44.2 Å². The number of halogens is 1. The lowest BCUT2D eigenvalue weighted by Gasteiger charge is -2.41. The number of ether oxygens (including phenoxy) is 3. The highest BCUT2D eigenvalue weighted by molar-refractivity contribution is 5.85. The van der Waals surface area contributed by atoms with Gasteiger partial charge in [-0.3, -0.25) is 0 Å². The zero-order valence-corrected chi connectivity index (χ0v) is 36.4. The van der Waals surface area contributed by atoms with Gasteiger partial charge in [-0.25, -0.2) is 0 Å². The van der Waals surface area contributed by atoms with Gasteiger partial charge in [0.25, 0.3) is 0 Å². The van der Waals surface area contributed by atoms with Crippen LogP contribution in [0.1, 0.15) is 106 Å². The Bertz CT molecular complexity index is 1740. The minimum atomic E-state index is -2.48. The minimum absolute atomic E-state index is 0. The molecule has 0 radical (unpaired) electrons. The highest BCUT2D eigenvalue weighted by Gasteiger charge is 2.42. The lowest BCUT2D eigenvalue weighted by atomic mass is 9.71. The first-order valence-electron chi connectivity index (χ1n) is 25.1. The lowest BCUT2D eigenvalue weighted by molar-refractivity contribution is -0.0621. The normalized spacial score (nSPS) is 30.0. The molecule has 0 aromatic heterocycles. The molecule has 9 nitrogen and oxygen atoms in total. The van der Waals surface area contributed by atoms with Crippen LogP contribution in [0.15, 0.2) is 72.8 Å². The van der Waals surface area contributed by atoms with Crippen molar-refractivity contribution in [3.8, 4) is 17.2 Å². The summed E-state index contributed by atoms with van der Waals surface area (Å²) in [5.74, 6) is 1.25. The molecule has 6 rings (SSSR count). The molecule has 2 unspecified atom stereocenters. The Balaban J connectivity index is 0.000000264. The van der Waals surface area contributed by atoms with Gasteiger partial charge in [0.05, 0.1) is 50.3 Å². The Labute approximate surface area is 369 Å². The van der Waals surface area contributed by atoms with Crippen LogP contribution in [0.3, 0.4) is 0 Å². The van der Waals surface area contributed by atoms with Gasteiger partial charge in [-0.15, -0.1) is 12.4 Å². The molecule has 10 heteroatoms. The molecule has 3 aromatic carbocycles. The summed E-state index contributed by atoms with van der Waals surface area (Å²) in [5, 5.41) is 33.8. The van der Waals surface area contributed by atoms with E-state index in [1.807, 2.05) is 60.5 Å². The van der Waals surface area contributed by atoms with E-state index in [1.165, 1.54) is 0 Å². The summed E-state index contributed by atoms with van der Waals surface area (Å²) >= 11 is 0. The van der Waals surface area contributed by atoms with Gasteiger partial charge in [-0.05, 0) is 134 Å². The van der Waals surface area contributed by atoms with E-state index < -0.39 is 37.9 Å². The Morgan fingerprint density at radius 2 is 0.776 bits per heavy atom. The van der Waals surface area contributed by atoms with E-state index in [2.05, 4.69) is 14.7 Å². The molecule has 3 N–H and O–H groups in total. The molecule has 326 valence electrons. The van der Waals surface area contributed by atoms with E-state index in [-0.39, 0.29) is 47.4 Å². The fourth-order valence-electron chi connectivity index (χ4n) is 9.36. The first-order chi connectivity index (χ1) is 30.6. The monoisotopic (exact) mass is 835 g/mol. The molecule has 6 atom stereocenters. The number of methoxy groups -OCH3 is 3. The number of benzene rings is 3. The summed E-state index contributed by atoms with van der Waals surface area (Å²) in [6.07, 6.45) is 11.3. The second kappa shape index (κ2) is 23.2. The smallest absolute Gasteiger partial charge is 0.119 e. The van der Waals surface area contributed by atoms with E-state index >= 15 is 0 Å². The molecule has 3 fully saturated rings. The van der Waals surface area contributed by atoms with E-state index in [4.69, 9.17) is 26.5 Å². The van der Waals surface area contributed by atoms with Crippen LogP contribution in [0.2, 0.25) is 0 Å². The van der Waals surface area contributed by atoms with Crippen LogP contribution in [0.5, 0.6) is 17.2 Å². The molecule has 3 aliphatic carbocycles. The Morgan fingerprint density at radius 1 is 0.500 bits per heavy atom. The van der Waals surface area contributed by atoms with Crippen molar-refractivity contribution < 1.29 is 41.9 Å². The van der Waals surface area contributed by atoms with Crippen molar-refractivity contribution in [2.45, 2.75) is 93.9 Å². The molecular formula is C48H76ClN3O6. The second-order valence-corrected chi connectivity index (χ2v) is 17.3. The fraction of sp³-hybridized carbons (Fsp3) is 0.625. The van der Waals surface area contributed by atoms with E-state index in [0.717, 1.165) is 94.1 Å². The average molecular weight is 836 g/mol. The lowest BCUT2D eigenvalue weighted by Crippen LogP contribution is -2.43. The SMILES string of the molecule is Cl.[2H]C([2H])([2H])Oc1cccc(C2(O)CCCCC2CN(C)C)c1.[2H]C([2H])([2H])Oc1cccc([C@@]2(O)CCCC[C@@H]2CN(C)C)c1.[2H]C([2H])([2H])Oc1cccc([C@@]2(O)CCCC[C@@H]2CN(C)C)c1. The molecule has 3 saturated carbocycles. The maximum Gasteiger partial charge on any atom is 0.119 e. The van der Waals surface area contributed by atoms with Gasteiger partial charge in [-0.1, -0.05) is 74.9 Å². The van der Waals surface area contributed by atoms with Crippen LogP contribution in [0.4, 0.5) is 0 Å². The van der Waals surface area contributed by atoms with E-state index in [1.54, 1.807) is 54.6 Å². The van der Waals surface area contributed by atoms with Crippen LogP contribution >= 0.6 is 12.4 Å². The van der Waals surface area contributed by atoms with Crippen LogP contribution in [-0.4, -0.2) is 113 Å². The van der Waals surface area contributed by atoms with Crippen molar-refractivity contribution in [1.29, 1.82) is 0 Å². The van der Waals surface area contributed by atoms with Crippen molar-refractivity contribution >= 4 is 12.4 Å². The molecule has 0 aliphatic heterocycles. The summed E-state index contributed by atoms with van der Waals surface area (Å²) in [7, 11) is 4.59. The number of hydrogen-bond donors (Lipinski definition) is 3. The van der Waals surface area contributed by atoms with Gasteiger partial charge >= 0.3 is 0 Å². The highest BCUT2D eigenvalue weighted by Crippen LogP contribution is 2.45. The zero-order chi connectivity index (χ0) is 49.1. The molecule has 0 saturated heterocycles. The van der Waals surface area contributed by atoms with Crippen molar-refractivity contribution in [3.63, 3.8) is 0 Å². The van der Waals surface area contributed by atoms with E-state index in [9.17, 15) is 15.3 Å². The topological polar surface area (TPSA) is 98.1 Å². The molecule has 0 bridgehead atoms. The molecule has 0 heterocycles. The third kappa shape index (κ3) is 13.1. The Morgan fingerprint density at radius 3 is 1.02 bits per heavy atom. The molecule has 0 amide bonds. The summed E-state index contributed by atoms with van der Waals surface area (Å²) < 4.78 is 79.8. The number of nitrogens with zero attached hydrogens (tertiary/aromatic N) is 3. The Kier molecular flexibility index (Phi) is 14.8. The number of aliphatic hydroxyl groups is 3. The third-order valence-electron chi connectivity index (χ3n) is 12.2. The van der Waals surface area contributed by atoms with Crippen molar-refractivity contribution in [2.75, 3.05) is 83.0 Å². The second-order valence-electron chi connectivity index (χ2n) is 17.3. The highest BCUT2D eigenvalue weighted by atomic mass is 35.5. The zero-order valence-electron chi connectivity index (χ0n) is 44.6. The number of rotatable bonds is 12. The molecule has 3 aromatic rings. The summed E-state index contributed by atoms with van der Waals surface area (Å²) in [4.78, 5) is 6.26. The van der Waals surface area contributed by atoms with Crippen LogP contribution in [-0.2, 0) is 16.8 Å². The van der Waals surface area contributed by atoms with Crippen molar-refractivity contribution in [3.05, 3.63) is 89.5 Å². The summed E-state index contributed by atoms with van der Waals surface area (Å²) in [6, 6.07) is 20.7. The van der Waals surface area contributed by atoms with Gasteiger partial charge in [-0.2, -0.15) is 0 Å². The Hall–Kier alpha value is -2.89. The van der Waals surface area contributed by atoms with Gasteiger partial charge in [0.15, 0.2) is 0 Å². The van der Waals surface area contributed by atoms with E-state index in [0.29, 0.717) is 19.3 Å². The van der Waals surface area contributed by atoms with Gasteiger partial charge in [0.2, 0.25) is 0 Å². The van der Waals surface area contributed by atoms with Crippen molar-refractivity contribution in [1.82, 2.24) is 14.7 Å². The molecular weight excluding hydrogens is 750 g/mol. The molecule has 0 spiro atoms. The maximum atomic E-state index is 11.3. The number of hydrogen-bond acceptors (Lipinski definition) is 9. The van der Waals surface area contributed by atoms with Crippen LogP contribution < -0.4 is 14.2 Å². The maximum absolute atomic E-state index is 11.3. The van der Waals surface area contributed by atoms with Crippen LogP contribution in [0, 0.1) is 17.8 Å². The third-order valence-corrected chi connectivity index (χ3v) is 12.2. The van der Waals surface area contributed by atoms with Gasteiger partial charge in [0.1, 0.15) is 17.2 Å². The molecule has 58 heavy (non-hydrogen) atoms. The first kappa shape index (κ1) is 36.9. The quantitative estimate of drug-likeness (QED) is 0.167. The largest absolute Gasteiger partial charge is 0.497 e. The van der Waals surface area contributed by atoms with Crippen molar-refractivity contribution in [2.24, 2.45) is 17.8 Å². The fourth-order valence-corrected chi connectivity index (χ4v) is 9.36. The standard InChI is InChI=1S/3C16H25NO2.ClH/c3*1-17(2)12-14-7-4-5-10-16(14,18)13-8-6-9-15(11-13)19-3;/h3*6,8-9,11,14,18H,4-5,7,10,12H2,1-3H3;1H/t2*14-,16+;;/m11../s1/i3*3D3;. The van der Waals surface area contributed by atoms with Crippen LogP contribution in [0.25, 0.3) is 0 Å². The van der Waals surface area contributed by atoms with Gasteiger partial charge in [0, 0.05) is 37.4 Å². The first-order valence-corrected chi connectivity index (χ1v) is 20.6. The summed E-state index contributed by atoms with van der Waals surface area (Å²) in [5.41, 5.74) is -0.508. The molecule has 3 aliphatic rings. The predicted octanol–water partition coefficient (Wildman–Crippen LogP) is 8.33. The predicted molar refractivity (Wildman–Crippen MR) is 239 cm³/mol. The minimum Gasteiger partial charge on any atom is -0.497 e. The average Bonchev–Trinajstić information content (AvgIpc) is 3.19. The summed E-state index contributed by atoms with van der Waals surface area (Å²) in [6.45, 7) is 2.42.